The van der Waals surface area contributed by atoms with Crippen LogP contribution >= 0.6 is 0 Å². The number of ether oxygens (including phenoxy) is 1. The molecule has 16 heavy (non-hydrogen) atoms. The highest BCUT2D eigenvalue weighted by molar-refractivity contribution is 5.95. The summed E-state index contributed by atoms with van der Waals surface area (Å²) in [6.45, 7) is 2.05. The molecular formula is C13H13NO2. The molecule has 0 atom stereocenters. The molecule has 0 aliphatic carbocycles. The van der Waals surface area contributed by atoms with Crippen LogP contribution in [0.3, 0.4) is 0 Å². The summed E-state index contributed by atoms with van der Waals surface area (Å²) in [5.74, 6) is -0.345. The molecule has 0 spiro atoms. The molecule has 0 amide bonds. The fraction of sp³-hybridized carbons (Fsp3) is 0.154. The molecule has 0 bridgehead atoms. The molecule has 1 N–H and O–H groups in total. The molecule has 0 aliphatic heterocycles. The normalized spacial score (nSPS) is 11.1. The Hall–Kier alpha value is -2.03. The smallest absolute Gasteiger partial charge is 0.330 e. The summed E-state index contributed by atoms with van der Waals surface area (Å²) in [6.07, 6.45) is 5.07. The molecule has 1 aromatic heterocycles. The molecule has 0 unspecified atom stereocenters. The second kappa shape index (κ2) is 4.23. The fourth-order valence-electron chi connectivity index (χ4n) is 1.76. The van der Waals surface area contributed by atoms with Crippen LogP contribution in [0.2, 0.25) is 0 Å². The number of methoxy groups -OCH3 is 1. The van der Waals surface area contributed by atoms with Crippen molar-refractivity contribution in [3.8, 4) is 0 Å². The predicted octanol–water partition coefficient (Wildman–Crippen LogP) is 2.66. The predicted molar refractivity (Wildman–Crippen MR) is 64.1 cm³/mol. The maximum Gasteiger partial charge on any atom is 0.330 e. The van der Waals surface area contributed by atoms with Crippen molar-refractivity contribution in [1.29, 1.82) is 0 Å². The van der Waals surface area contributed by atoms with Gasteiger partial charge in [0.05, 0.1) is 7.11 Å². The number of rotatable bonds is 2. The minimum absolute atomic E-state index is 0.345. The SMILES string of the molecule is COC(=O)C=Cc1c[nH]c2cccc(C)c12. The second-order valence-electron chi connectivity index (χ2n) is 3.60. The van der Waals surface area contributed by atoms with Gasteiger partial charge in [0, 0.05) is 28.7 Å². The summed E-state index contributed by atoms with van der Waals surface area (Å²) in [4.78, 5) is 14.2. The molecule has 82 valence electrons. The van der Waals surface area contributed by atoms with Crippen LogP contribution in [0.15, 0.2) is 30.5 Å². The van der Waals surface area contributed by atoms with Crippen LogP contribution < -0.4 is 0 Å². The average Bonchev–Trinajstić information content (AvgIpc) is 2.70. The Labute approximate surface area is 93.7 Å². The van der Waals surface area contributed by atoms with Gasteiger partial charge in [0.15, 0.2) is 0 Å². The Morgan fingerprint density at radius 3 is 3.00 bits per heavy atom. The topological polar surface area (TPSA) is 42.1 Å². The van der Waals surface area contributed by atoms with Gasteiger partial charge in [-0.05, 0) is 24.6 Å². The van der Waals surface area contributed by atoms with E-state index >= 15 is 0 Å². The second-order valence-corrected chi connectivity index (χ2v) is 3.60. The lowest BCUT2D eigenvalue weighted by molar-refractivity contribution is -0.134. The zero-order valence-corrected chi connectivity index (χ0v) is 9.28. The summed E-state index contributed by atoms with van der Waals surface area (Å²) >= 11 is 0. The zero-order valence-electron chi connectivity index (χ0n) is 9.28. The van der Waals surface area contributed by atoms with Crippen molar-refractivity contribution in [3.05, 3.63) is 41.6 Å². The van der Waals surface area contributed by atoms with Gasteiger partial charge in [-0.2, -0.15) is 0 Å². The number of H-pyrrole nitrogens is 1. The van der Waals surface area contributed by atoms with Crippen molar-refractivity contribution >= 4 is 22.9 Å². The molecule has 0 fully saturated rings. The summed E-state index contributed by atoms with van der Waals surface area (Å²) in [7, 11) is 1.37. The van der Waals surface area contributed by atoms with E-state index in [0.717, 1.165) is 16.5 Å². The first-order valence-electron chi connectivity index (χ1n) is 5.05. The molecule has 3 heteroatoms. The molecule has 0 radical (unpaired) electrons. The Morgan fingerprint density at radius 2 is 2.25 bits per heavy atom. The Kier molecular flexibility index (Phi) is 2.77. The first-order chi connectivity index (χ1) is 7.72. The lowest BCUT2D eigenvalue weighted by Crippen LogP contribution is -1.93. The summed E-state index contributed by atoms with van der Waals surface area (Å²) in [5, 5.41) is 1.14. The number of hydrogen-bond acceptors (Lipinski definition) is 2. The quantitative estimate of drug-likeness (QED) is 0.618. The molecule has 0 aliphatic rings. The lowest BCUT2D eigenvalue weighted by Gasteiger charge is -1.97. The number of fused-ring (bicyclic) bond motifs is 1. The number of aromatic nitrogens is 1. The highest BCUT2D eigenvalue weighted by atomic mass is 16.5. The van der Waals surface area contributed by atoms with E-state index in [9.17, 15) is 4.79 Å². The molecule has 0 saturated heterocycles. The summed E-state index contributed by atoms with van der Waals surface area (Å²) in [6, 6.07) is 6.06. The van der Waals surface area contributed by atoms with Crippen molar-refractivity contribution in [3.63, 3.8) is 0 Å². The van der Waals surface area contributed by atoms with E-state index in [2.05, 4.69) is 9.72 Å². The average molecular weight is 215 g/mol. The van der Waals surface area contributed by atoms with E-state index in [0.29, 0.717) is 0 Å². The fourth-order valence-corrected chi connectivity index (χ4v) is 1.76. The third-order valence-corrected chi connectivity index (χ3v) is 2.54. The highest BCUT2D eigenvalue weighted by Crippen LogP contribution is 2.22. The number of carbonyl (C=O) groups is 1. The Morgan fingerprint density at radius 1 is 1.44 bits per heavy atom. The third kappa shape index (κ3) is 1.84. The standard InChI is InChI=1S/C13H13NO2/c1-9-4-3-5-11-13(9)10(8-14-11)6-7-12(15)16-2/h3-8,14H,1-2H3. The number of benzene rings is 1. The molecule has 2 rings (SSSR count). The van der Waals surface area contributed by atoms with Crippen LogP contribution in [0.25, 0.3) is 17.0 Å². The molecule has 3 nitrogen and oxygen atoms in total. The van der Waals surface area contributed by atoms with Gasteiger partial charge in [-0.3, -0.25) is 0 Å². The van der Waals surface area contributed by atoms with E-state index in [1.54, 1.807) is 6.08 Å². The van der Waals surface area contributed by atoms with Crippen molar-refractivity contribution in [2.45, 2.75) is 6.92 Å². The van der Waals surface area contributed by atoms with Crippen LogP contribution in [-0.4, -0.2) is 18.1 Å². The number of aryl methyl sites for hydroxylation is 1. The van der Waals surface area contributed by atoms with Gasteiger partial charge < -0.3 is 9.72 Å². The minimum atomic E-state index is -0.345. The van der Waals surface area contributed by atoms with Crippen LogP contribution in [-0.2, 0) is 9.53 Å². The van der Waals surface area contributed by atoms with E-state index in [-0.39, 0.29) is 5.97 Å². The van der Waals surface area contributed by atoms with Crippen molar-refractivity contribution < 1.29 is 9.53 Å². The number of esters is 1. The van der Waals surface area contributed by atoms with E-state index in [1.807, 2.05) is 31.3 Å². The summed E-state index contributed by atoms with van der Waals surface area (Å²) in [5.41, 5.74) is 3.26. The van der Waals surface area contributed by atoms with Gasteiger partial charge in [0.25, 0.3) is 0 Å². The Balaban J connectivity index is 2.46. The number of carbonyl (C=O) groups excluding carboxylic acids is 1. The maximum absolute atomic E-state index is 11.0. The van der Waals surface area contributed by atoms with Crippen LogP contribution in [0.1, 0.15) is 11.1 Å². The van der Waals surface area contributed by atoms with Crippen molar-refractivity contribution in [2.24, 2.45) is 0 Å². The van der Waals surface area contributed by atoms with Crippen LogP contribution in [0, 0.1) is 6.92 Å². The van der Waals surface area contributed by atoms with E-state index in [4.69, 9.17) is 0 Å². The van der Waals surface area contributed by atoms with Gasteiger partial charge >= 0.3 is 5.97 Å². The lowest BCUT2D eigenvalue weighted by atomic mass is 10.1. The monoisotopic (exact) mass is 215 g/mol. The molecular weight excluding hydrogens is 202 g/mol. The van der Waals surface area contributed by atoms with Crippen LogP contribution in [0.4, 0.5) is 0 Å². The summed E-state index contributed by atoms with van der Waals surface area (Å²) < 4.78 is 4.55. The van der Waals surface area contributed by atoms with Crippen molar-refractivity contribution in [2.75, 3.05) is 7.11 Å². The van der Waals surface area contributed by atoms with Crippen LogP contribution in [0.5, 0.6) is 0 Å². The molecule has 1 aromatic carbocycles. The first kappa shape index (κ1) is 10.5. The van der Waals surface area contributed by atoms with Gasteiger partial charge in [-0.1, -0.05) is 12.1 Å². The van der Waals surface area contributed by atoms with E-state index in [1.165, 1.54) is 18.7 Å². The highest BCUT2D eigenvalue weighted by Gasteiger charge is 2.03. The number of aromatic amines is 1. The van der Waals surface area contributed by atoms with Crippen molar-refractivity contribution in [1.82, 2.24) is 4.98 Å². The molecule has 1 heterocycles. The van der Waals surface area contributed by atoms with Gasteiger partial charge in [0.2, 0.25) is 0 Å². The first-order valence-corrected chi connectivity index (χ1v) is 5.05. The minimum Gasteiger partial charge on any atom is -0.466 e. The Bertz CT molecular complexity index is 552. The largest absolute Gasteiger partial charge is 0.466 e. The maximum atomic E-state index is 11.0. The number of nitrogens with one attached hydrogen (secondary N) is 1. The van der Waals surface area contributed by atoms with Gasteiger partial charge in [-0.25, -0.2) is 4.79 Å². The van der Waals surface area contributed by atoms with Gasteiger partial charge in [0.1, 0.15) is 0 Å². The zero-order chi connectivity index (χ0) is 11.5. The molecule has 0 saturated carbocycles. The van der Waals surface area contributed by atoms with Gasteiger partial charge in [-0.15, -0.1) is 0 Å². The number of hydrogen-bond donors (Lipinski definition) is 1. The molecule has 2 aromatic rings. The van der Waals surface area contributed by atoms with E-state index < -0.39 is 0 Å². The third-order valence-electron chi connectivity index (χ3n) is 2.54.